The molecule has 0 spiro atoms. The van der Waals surface area contributed by atoms with E-state index in [1.165, 1.54) is 0 Å². The second kappa shape index (κ2) is 4.76. The van der Waals surface area contributed by atoms with Crippen LogP contribution in [0, 0.1) is 11.6 Å². The van der Waals surface area contributed by atoms with Crippen LogP contribution >= 0.6 is 15.9 Å². The lowest BCUT2D eigenvalue weighted by molar-refractivity contribution is -0.140. The van der Waals surface area contributed by atoms with Crippen molar-refractivity contribution < 1.29 is 23.5 Å². The summed E-state index contributed by atoms with van der Waals surface area (Å²) in [5, 5.41) is 13.3. The fourth-order valence-corrected chi connectivity index (χ4v) is 1.85. The van der Waals surface area contributed by atoms with Crippen molar-refractivity contribution in [1.29, 1.82) is 0 Å². The third kappa shape index (κ3) is 2.83. The van der Waals surface area contributed by atoms with Crippen molar-refractivity contribution in [2.24, 2.45) is 0 Å². The molecule has 0 unspecified atom stereocenters. The monoisotopic (exact) mass is 334 g/mol. The average Bonchev–Trinajstić information content (AvgIpc) is 3.06. The Hall–Kier alpha value is -1.70. The first-order valence-corrected chi connectivity index (χ1v) is 6.10. The molecule has 0 saturated heterocycles. The Morgan fingerprint density at radius 3 is 2.42 bits per heavy atom. The van der Waals surface area contributed by atoms with Crippen LogP contribution in [0.4, 0.5) is 19.3 Å². The highest BCUT2D eigenvalue weighted by molar-refractivity contribution is 9.10. The first-order valence-electron chi connectivity index (χ1n) is 5.31. The summed E-state index contributed by atoms with van der Waals surface area (Å²) in [6, 6.07) is 0.825. The predicted molar refractivity (Wildman–Crippen MR) is 65.8 cm³/mol. The average molecular weight is 335 g/mol. The molecule has 0 atom stereocenters. The van der Waals surface area contributed by atoms with Crippen LogP contribution in [0.5, 0.6) is 0 Å². The van der Waals surface area contributed by atoms with Gasteiger partial charge in [-0.25, -0.2) is 18.4 Å². The van der Waals surface area contributed by atoms with Gasteiger partial charge in [0.2, 0.25) is 0 Å². The maximum atomic E-state index is 13.4. The van der Waals surface area contributed by atoms with Gasteiger partial charge < -0.3 is 15.7 Å². The molecule has 0 bridgehead atoms. The van der Waals surface area contributed by atoms with Gasteiger partial charge in [0.25, 0.3) is 0 Å². The number of rotatable bonds is 3. The Labute approximate surface area is 115 Å². The molecule has 8 heteroatoms. The Balaban J connectivity index is 2.08. The van der Waals surface area contributed by atoms with Crippen molar-refractivity contribution in [2.75, 3.05) is 5.32 Å². The van der Waals surface area contributed by atoms with Crippen LogP contribution in [-0.4, -0.2) is 22.6 Å². The zero-order valence-corrected chi connectivity index (χ0v) is 11.1. The minimum absolute atomic E-state index is 0.0106. The van der Waals surface area contributed by atoms with Crippen LogP contribution in [0.3, 0.4) is 0 Å². The summed E-state index contributed by atoms with van der Waals surface area (Å²) in [7, 11) is 0. The molecule has 2 amide bonds. The van der Waals surface area contributed by atoms with Crippen molar-refractivity contribution >= 4 is 33.6 Å². The normalized spacial score (nSPS) is 15.7. The first kappa shape index (κ1) is 13.7. The predicted octanol–water partition coefficient (Wildman–Crippen LogP) is 2.47. The summed E-state index contributed by atoms with van der Waals surface area (Å²) in [5.74, 6) is -2.88. The fraction of sp³-hybridized carbons (Fsp3) is 0.273. The van der Waals surface area contributed by atoms with Gasteiger partial charge in [-0.2, -0.15) is 0 Å². The third-order valence-corrected chi connectivity index (χ3v) is 3.38. The van der Waals surface area contributed by atoms with Gasteiger partial charge in [-0.3, -0.25) is 0 Å². The maximum absolute atomic E-state index is 13.4. The number of benzene rings is 1. The van der Waals surface area contributed by atoms with E-state index >= 15 is 0 Å². The fourth-order valence-electron chi connectivity index (χ4n) is 1.51. The lowest BCUT2D eigenvalue weighted by atomic mass is 10.3. The summed E-state index contributed by atoms with van der Waals surface area (Å²) in [6.07, 6.45) is 0.649. The second-order valence-corrected chi connectivity index (χ2v) is 5.07. The number of carboxylic acids is 1. The molecule has 5 nitrogen and oxygen atoms in total. The highest BCUT2D eigenvalue weighted by Gasteiger charge is 2.51. The third-order valence-electron chi connectivity index (χ3n) is 2.77. The quantitative estimate of drug-likeness (QED) is 0.743. The molecule has 0 radical (unpaired) electrons. The topological polar surface area (TPSA) is 78.4 Å². The molecule has 1 aromatic rings. The second-order valence-electron chi connectivity index (χ2n) is 4.21. The van der Waals surface area contributed by atoms with Crippen molar-refractivity contribution in [3.8, 4) is 0 Å². The number of nitrogens with one attached hydrogen (secondary N) is 2. The van der Waals surface area contributed by atoms with E-state index in [-0.39, 0.29) is 10.2 Å². The largest absolute Gasteiger partial charge is 0.480 e. The van der Waals surface area contributed by atoms with E-state index in [1.54, 1.807) is 0 Å². The summed E-state index contributed by atoms with van der Waals surface area (Å²) in [6.45, 7) is 0. The molecular formula is C11H9BrF2N2O3. The highest BCUT2D eigenvalue weighted by Crippen LogP contribution is 2.35. The molecule has 1 aliphatic rings. The Morgan fingerprint density at radius 1 is 1.26 bits per heavy atom. The lowest BCUT2D eigenvalue weighted by Crippen LogP contribution is -2.45. The van der Waals surface area contributed by atoms with E-state index in [9.17, 15) is 18.4 Å². The number of halogens is 3. The number of carboxylic acid groups (broad SMARTS) is 1. The molecule has 1 aliphatic carbocycles. The maximum Gasteiger partial charge on any atom is 0.329 e. The zero-order valence-electron chi connectivity index (χ0n) is 9.47. The van der Waals surface area contributed by atoms with Gasteiger partial charge in [0.1, 0.15) is 17.2 Å². The van der Waals surface area contributed by atoms with E-state index in [1.807, 2.05) is 0 Å². The molecule has 19 heavy (non-hydrogen) atoms. The van der Waals surface area contributed by atoms with E-state index < -0.39 is 29.2 Å². The molecule has 0 heterocycles. The number of anilines is 1. The van der Waals surface area contributed by atoms with Gasteiger partial charge >= 0.3 is 12.0 Å². The Morgan fingerprint density at radius 2 is 1.89 bits per heavy atom. The number of aliphatic carboxylic acids is 1. The smallest absolute Gasteiger partial charge is 0.329 e. The number of urea groups is 1. The van der Waals surface area contributed by atoms with Crippen LogP contribution in [0.2, 0.25) is 0 Å². The SMILES string of the molecule is O=C(Nc1cc(Br)c(F)cc1F)NC1(C(=O)O)CC1. The highest BCUT2D eigenvalue weighted by atomic mass is 79.9. The number of hydrogen-bond acceptors (Lipinski definition) is 2. The molecule has 1 aromatic carbocycles. The van der Waals surface area contributed by atoms with Crippen molar-refractivity contribution in [1.82, 2.24) is 5.32 Å². The standard InChI is InChI=1S/C11H9BrF2N2O3/c12-5-3-8(7(14)4-6(5)13)15-10(19)16-11(1-2-11)9(17)18/h3-4H,1-2H2,(H,17,18)(H2,15,16,19). The number of carbonyl (C=O) groups excluding carboxylic acids is 1. The number of carbonyl (C=O) groups is 2. The summed E-state index contributed by atoms with van der Waals surface area (Å²) in [4.78, 5) is 22.4. The molecule has 0 aromatic heterocycles. The molecule has 3 N–H and O–H groups in total. The number of amides is 2. The van der Waals surface area contributed by atoms with Crippen LogP contribution < -0.4 is 10.6 Å². The minimum atomic E-state index is -1.27. The lowest BCUT2D eigenvalue weighted by Gasteiger charge is -2.14. The van der Waals surface area contributed by atoms with Crippen molar-refractivity contribution in [3.05, 3.63) is 28.2 Å². The van der Waals surface area contributed by atoms with E-state index in [4.69, 9.17) is 5.11 Å². The molecule has 0 aliphatic heterocycles. The summed E-state index contributed by atoms with van der Waals surface area (Å²) >= 11 is 2.86. The first-order chi connectivity index (χ1) is 8.84. The van der Waals surface area contributed by atoms with E-state index in [0.717, 1.165) is 6.07 Å². The molecule has 1 fully saturated rings. The van der Waals surface area contributed by atoms with Gasteiger partial charge in [-0.15, -0.1) is 0 Å². The van der Waals surface area contributed by atoms with Crippen molar-refractivity contribution in [3.63, 3.8) is 0 Å². The molecule has 1 saturated carbocycles. The van der Waals surface area contributed by atoms with Gasteiger partial charge in [-0.05, 0) is 34.8 Å². The van der Waals surface area contributed by atoms with Gasteiger partial charge in [-0.1, -0.05) is 0 Å². The van der Waals surface area contributed by atoms with Gasteiger partial charge in [0, 0.05) is 6.07 Å². The van der Waals surface area contributed by atoms with Gasteiger partial charge in [0.15, 0.2) is 0 Å². The Bertz CT molecular complexity index is 561. The van der Waals surface area contributed by atoms with Crippen molar-refractivity contribution in [2.45, 2.75) is 18.4 Å². The van der Waals surface area contributed by atoms with Crippen LogP contribution in [0.1, 0.15) is 12.8 Å². The molecule has 102 valence electrons. The van der Waals surface area contributed by atoms with Crippen LogP contribution in [-0.2, 0) is 4.79 Å². The zero-order chi connectivity index (χ0) is 14.2. The van der Waals surface area contributed by atoms with E-state index in [0.29, 0.717) is 18.9 Å². The van der Waals surface area contributed by atoms with Crippen LogP contribution in [0.25, 0.3) is 0 Å². The summed E-state index contributed by atoms with van der Waals surface area (Å²) < 4.78 is 26.4. The Kier molecular flexibility index (Phi) is 3.44. The molecular weight excluding hydrogens is 326 g/mol. The molecule has 2 rings (SSSR count). The van der Waals surface area contributed by atoms with Crippen LogP contribution in [0.15, 0.2) is 16.6 Å². The minimum Gasteiger partial charge on any atom is -0.480 e. The van der Waals surface area contributed by atoms with Gasteiger partial charge in [0.05, 0.1) is 10.2 Å². The summed E-state index contributed by atoms with van der Waals surface area (Å²) in [5.41, 5.74) is -1.51. The van der Waals surface area contributed by atoms with E-state index in [2.05, 4.69) is 26.6 Å². The number of hydrogen-bond donors (Lipinski definition) is 3.